The standard InChI is InChI=1S/C52H60N8O4/c1-57(2)40-22-17-37(18-23-40)51(61)59-27-11-12-46(59)49-53-32-44(55-49)36-15-13-35(14-16-36)39-21-26-43-45-33-54-50(56-45)47-31-42(63-28-9-7-5-6-8-10-29-64-48(43)30-39)34-60(47)52(62)38-19-24-41(25-20-38)58(3)4/h13-26,30,32-33,42,46-47H,5-12,27-29,31,34H2,1-4H3,(H,53,55)(H,54,56)/t42-,46-,47-/m0/s1. The van der Waals surface area contributed by atoms with E-state index in [4.69, 9.17) is 19.4 Å². The Hall–Kier alpha value is -6.40. The van der Waals surface area contributed by atoms with Crippen LogP contribution < -0.4 is 14.5 Å². The van der Waals surface area contributed by atoms with Gasteiger partial charge in [-0.2, -0.15) is 0 Å². The maximum Gasteiger partial charge on any atom is 0.254 e. The van der Waals surface area contributed by atoms with E-state index in [1.165, 1.54) is 6.42 Å². The van der Waals surface area contributed by atoms with Crippen molar-refractivity contribution in [1.29, 1.82) is 0 Å². The van der Waals surface area contributed by atoms with Crippen LogP contribution in [0, 0.1) is 0 Å². The van der Waals surface area contributed by atoms with Crippen molar-refractivity contribution < 1.29 is 19.1 Å². The van der Waals surface area contributed by atoms with Gasteiger partial charge in [0.2, 0.25) is 0 Å². The molecule has 9 rings (SSSR count). The number of likely N-dealkylation sites (tertiary alicyclic amines) is 2. The predicted molar refractivity (Wildman–Crippen MR) is 253 cm³/mol. The van der Waals surface area contributed by atoms with Crippen molar-refractivity contribution in [2.75, 3.05) is 64.3 Å². The molecule has 12 heteroatoms. The third kappa shape index (κ3) is 9.29. The van der Waals surface area contributed by atoms with Crippen LogP contribution in [0.3, 0.4) is 0 Å². The molecule has 3 aliphatic heterocycles. The van der Waals surface area contributed by atoms with E-state index in [0.29, 0.717) is 43.9 Å². The fraction of sp³-hybridized carbons (Fsp3) is 0.385. The van der Waals surface area contributed by atoms with E-state index in [-0.39, 0.29) is 30.0 Å². The number of aromatic nitrogens is 4. The zero-order valence-corrected chi connectivity index (χ0v) is 37.6. The molecular weight excluding hydrogens is 801 g/mol. The highest BCUT2D eigenvalue weighted by atomic mass is 16.5. The lowest BCUT2D eigenvalue weighted by molar-refractivity contribution is 0.0513. The molecule has 0 saturated carbocycles. The van der Waals surface area contributed by atoms with Crippen molar-refractivity contribution in [2.45, 2.75) is 76.0 Å². The van der Waals surface area contributed by atoms with Crippen molar-refractivity contribution in [3.8, 4) is 39.4 Å². The van der Waals surface area contributed by atoms with Crippen LogP contribution in [-0.4, -0.2) is 102 Å². The number of carbonyl (C=O) groups excluding carboxylic acids is 2. The van der Waals surface area contributed by atoms with Gasteiger partial charge < -0.3 is 39.0 Å². The van der Waals surface area contributed by atoms with Gasteiger partial charge in [-0.1, -0.05) is 56.0 Å². The Morgan fingerprint density at radius 1 is 0.609 bits per heavy atom. The molecule has 2 saturated heterocycles. The minimum absolute atomic E-state index is 0.0209. The second-order valence-corrected chi connectivity index (χ2v) is 17.9. The van der Waals surface area contributed by atoms with Crippen molar-refractivity contribution in [2.24, 2.45) is 0 Å². The SMILES string of the molecule is CN(C)c1ccc(C(=O)N2CCC[C@H]2c2ncc(-c3ccc(-c4ccc5c(c4)OCCCCCCCCO[C@H]4C[C@@H](c6ncc-5[nH]6)N(C(=O)c5ccc(N(C)C)cc5)C4)cc3)[nH]2)cc1. The average molecular weight is 861 g/mol. The van der Waals surface area contributed by atoms with E-state index in [2.05, 4.69) is 52.4 Å². The van der Waals surface area contributed by atoms with Gasteiger partial charge in [0.05, 0.1) is 48.6 Å². The molecule has 0 radical (unpaired) electrons. The summed E-state index contributed by atoms with van der Waals surface area (Å²) in [5.74, 6) is 2.36. The molecule has 4 aromatic carbocycles. The highest BCUT2D eigenvalue weighted by Crippen LogP contribution is 2.39. The first-order valence-corrected chi connectivity index (χ1v) is 23.0. The predicted octanol–water partition coefficient (Wildman–Crippen LogP) is 9.95. The first-order chi connectivity index (χ1) is 31.2. The van der Waals surface area contributed by atoms with Crippen LogP contribution in [-0.2, 0) is 4.74 Å². The molecule has 332 valence electrons. The molecule has 4 bridgehead atoms. The average Bonchev–Trinajstić information content (AvgIpc) is 4.16. The maximum atomic E-state index is 14.1. The van der Waals surface area contributed by atoms with Crippen LogP contribution in [0.4, 0.5) is 11.4 Å². The molecule has 6 aromatic rings. The summed E-state index contributed by atoms with van der Waals surface area (Å²) in [7, 11) is 7.99. The van der Waals surface area contributed by atoms with Gasteiger partial charge in [-0.05, 0) is 103 Å². The monoisotopic (exact) mass is 860 g/mol. The number of rotatable bonds is 7. The third-order valence-corrected chi connectivity index (χ3v) is 13.1. The van der Waals surface area contributed by atoms with Crippen LogP contribution in [0.25, 0.3) is 33.6 Å². The van der Waals surface area contributed by atoms with E-state index < -0.39 is 0 Å². The summed E-state index contributed by atoms with van der Waals surface area (Å²) in [5, 5.41) is 0. The number of nitrogens with zero attached hydrogens (tertiary/aromatic N) is 6. The first-order valence-electron chi connectivity index (χ1n) is 23.0. The largest absolute Gasteiger partial charge is 0.493 e. The summed E-state index contributed by atoms with van der Waals surface area (Å²) < 4.78 is 13.0. The molecular formula is C52H60N8O4. The molecule has 12 nitrogen and oxygen atoms in total. The van der Waals surface area contributed by atoms with Crippen LogP contribution in [0.1, 0.15) is 102 Å². The normalized spacial score (nSPS) is 19.3. The van der Waals surface area contributed by atoms with E-state index in [9.17, 15) is 9.59 Å². The minimum Gasteiger partial charge on any atom is -0.493 e. The van der Waals surface area contributed by atoms with Gasteiger partial charge in [-0.15, -0.1) is 0 Å². The molecule has 0 unspecified atom stereocenters. The molecule has 2 amide bonds. The van der Waals surface area contributed by atoms with Crippen LogP contribution in [0.15, 0.2) is 103 Å². The topological polar surface area (TPSA) is 123 Å². The zero-order valence-electron chi connectivity index (χ0n) is 37.6. The fourth-order valence-corrected chi connectivity index (χ4v) is 9.36. The second kappa shape index (κ2) is 19.1. The van der Waals surface area contributed by atoms with Gasteiger partial charge in [-0.25, -0.2) is 9.97 Å². The number of hydrogen-bond acceptors (Lipinski definition) is 8. The molecule has 2 N–H and O–H groups in total. The van der Waals surface area contributed by atoms with Gasteiger partial charge in [0.15, 0.2) is 0 Å². The Labute approximate surface area is 376 Å². The quantitative estimate of drug-likeness (QED) is 0.163. The Kier molecular flexibility index (Phi) is 12.8. The van der Waals surface area contributed by atoms with Gasteiger partial charge in [-0.3, -0.25) is 9.59 Å². The lowest BCUT2D eigenvalue weighted by Gasteiger charge is -2.23. The van der Waals surface area contributed by atoms with E-state index in [1.54, 1.807) is 0 Å². The Morgan fingerprint density at radius 2 is 1.17 bits per heavy atom. The number of anilines is 2. The highest BCUT2D eigenvalue weighted by Gasteiger charge is 2.39. The van der Waals surface area contributed by atoms with Gasteiger partial charge >= 0.3 is 0 Å². The summed E-state index contributed by atoms with van der Waals surface area (Å²) in [6.07, 6.45) is 12.7. The number of ether oxygens (including phenoxy) is 2. The molecule has 2 fully saturated rings. The number of hydrogen-bond donors (Lipinski definition) is 2. The van der Waals surface area contributed by atoms with E-state index in [0.717, 1.165) is 107 Å². The Bertz CT molecular complexity index is 2530. The molecule has 64 heavy (non-hydrogen) atoms. The van der Waals surface area contributed by atoms with Crippen molar-refractivity contribution in [3.63, 3.8) is 0 Å². The number of aromatic amines is 2. The van der Waals surface area contributed by atoms with Crippen LogP contribution >= 0.6 is 0 Å². The molecule has 5 heterocycles. The summed E-state index contributed by atoms with van der Waals surface area (Å²) in [6, 6.07) is 30.1. The Balaban J connectivity index is 0.940. The molecule has 2 aromatic heterocycles. The second-order valence-electron chi connectivity index (χ2n) is 17.9. The molecule has 3 atom stereocenters. The highest BCUT2D eigenvalue weighted by molar-refractivity contribution is 5.95. The number of amides is 2. The maximum absolute atomic E-state index is 14.1. The number of benzene rings is 4. The zero-order chi connectivity index (χ0) is 44.2. The lowest BCUT2D eigenvalue weighted by Crippen LogP contribution is -2.32. The van der Waals surface area contributed by atoms with Gasteiger partial charge in [0.25, 0.3) is 11.8 Å². The number of nitrogens with one attached hydrogen (secondary N) is 2. The third-order valence-electron chi connectivity index (χ3n) is 13.1. The fourth-order valence-electron chi connectivity index (χ4n) is 9.36. The number of H-pyrrole nitrogens is 2. The summed E-state index contributed by atoms with van der Waals surface area (Å²) in [5.41, 5.74) is 9.28. The number of imidazole rings is 2. The molecule has 3 aliphatic rings. The minimum atomic E-state index is -0.252. The van der Waals surface area contributed by atoms with Crippen molar-refractivity contribution >= 4 is 23.2 Å². The Morgan fingerprint density at radius 3 is 1.84 bits per heavy atom. The number of carbonyl (C=O) groups is 2. The van der Waals surface area contributed by atoms with E-state index in [1.807, 2.05) is 109 Å². The summed E-state index contributed by atoms with van der Waals surface area (Å²) in [4.78, 5) is 52.5. The number of fused-ring (bicyclic) bond motifs is 7. The van der Waals surface area contributed by atoms with Crippen LogP contribution in [0.5, 0.6) is 5.75 Å². The van der Waals surface area contributed by atoms with Crippen LogP contribution in [0.2, 0.25) is 0 Å². The van der Waals surface area contributed by atoms with Crippen molar-refractivity contribution in [1.82, 2.24) is 29.7 Å². The van der Waals surface area contributed by atoms with Gasteiger partial charge in [0, 0.05) is 82.4 Å². The molecule has 0 spiro atoms. The summed E-state index contributed by atoms with van der Waals surface area (Å²) in [6.45, 7) is 2.54. The van der Waals surface area contributed by atoms with E-state index >= 15 is 0 Å². The van der Waals surface area contributed by atoms with Crippen molar-refractivity contribution in [3.05, 3.63) is 126 Å². The lowest BCUT2D eigenvalue weighted by atomic mass is 10.00. The smallest absolute Gasteiger partial charge is 0.254 e. The summed E-state index contributed by atoms with van der Waals surface area (Å²) >= 11 is 0. The molecule has 0 aliphatic carbocycles. The van der Waals surface area contributed by atoms with Gasteiger partial charge in [0.1, 0.15) is 17.4 Å². The first kappa shape index (κ1) is 42.9.